The summed E-state index contributed by atoms with van der Waals surface area (Å²) in [6.45, 7) is 14.9. The molecule has 0 spiro atoms. The van der Waals surface area contributed by atoms with Gasteiger partial charge in [0.1, 0.15) is 5.76 Å². The van der Waals surface area contributed by atoms with Crippen LogP contribution in [0.1, 0.15) is 45.4 Å². The molecule has 2 saturated heterocycles. The summed E-state index contributed by atoms with van der Waals surface area (Å²) >= 11 is 0. The van der Waals surface area contributed by atoms with Crippen LogP contribution in [0.25, 0.3) is 0 Å². The van der Waals surface area contributed by atoms with Crippen LogP contribution in [0.2, 0.25) is 0 Å². The van der Waals surface area contributed by atoms with E-state index in [9.17, 15) is 0 Å². The van der Waals surface area contributed by atoms with Crippen LogP contribution >= 0.6 is 0 Å². The van der Waals surface area contributed by atoms with Gasteiger partial charge in [0, 0.05) is 31.7 Å². The highest BCUT2D eigenvalue weighted by Crippen LogP contribution is 2.25. The fourth-order valence-electron chi connectivity index (χ4n) is 4.02. The van der Waals surface area contributed by atoms with Crippen LogP contribution in [-0.4, -0.2) is 80.3 Å². The van der Waals surface area contributed by atoms with Gasteiger partial charge in [0.15, 0.2) is 5.96 Å². The van der Waals surface area contributed by atoms with Gasteiger partial charge in [-0.25, -0.2) is 0 Å². The lowest BCUT2D eigenvalue weighted by atomic mass is 10.0. The zero-order valence-corrected chi connectivity index (χ0v) is 17.7. The summed E-state index contributed by atoms with van der Waals surface area (Å²) in [5, 5.41) is 6.95. The Morgan fingerprint density at radius 3 is 2.57 bits per heavy atom. The lowest BCUT2D eigenvalue weighted by molar-refractivity contribution is -0.00684. The molecule has 1 unspecified atom stereocenters. The number of morpholine rings is 1. The normalized spacial score (nSPS) is 21.0. The van der Waals surface area contributed by atoms with Crippen molar-refractivity contribution in [2.45, 2.75) is 45.2 Å². The molecule has 2 N–H and O–H groups in total. The van der Waals surface area contributed by atoms with Crippen molar-refractivity contribution in [2.24, 2.45) is 4.99 Å². The number of furan rings is 1. The van der Waals surface area contributed by atoms with Gasteiger partial charge in [-0.3, -0.25) is 14.8 Å². The van der Waals surface area contributed by atoms with Gasteiger partial charge in [-0.05, 0) is 58.8 Å². The van der Waals surface area contributed by atoms with Gasteiger partial charge < -0.3 is 19.8 Å². The molecule has 7 heteroatoms. The smallest absolute Gasteiger partial charge is 0.191 e. The number of guanidine groups is 1. The molecule has 0 aliphatic carbocycles. The second-order valence-electron chi connectivity index (χ2n) is 8.26. The number of nitrogens with zero attached hydrogens (tertiary/aromatic N) is 3. The van der Waals surface area contributed by atoms with E-state index in [-0.39, 0.29) is 11.6 Å². The van der Waals surface area contributed by atoms with Gasteiger partial charge in [-0.1, -0.05) is 0 Å². The monoisotopic (exact) mass is 391 g/mol. The van der Waals surface area contributed by atoms with Crippen molar-refractivity contribution in [3.05, 3.63) is 24.2 Å². The number of rotatable bonds is 8. The summed E-state index contributed by atoms with van der Waals surface area (Å²) in [5.74, 6) is 1.90. The molecule has 2 aliphatic rings. The molecule has 0 amide bonds. The van der Waals surface area contributed by atoms with E-state index in [1.807, 2.05) is 6.07 Å². The molecule has 0 aromatic carbocycles. The number of likely N-dealkylation sites (tertiary alicyclic amines) is 1. The van der Waals surface area contributed by atoms with E-state index in [1.165, 1.54) is 12.8 Å². The van der Waals surface area contributed by atoms with Crippen LogP contribution in [0.5, 0.6) is 0 Å². The summed E-state index contributed by atoms with van der Waals surface area (Å²) in [6.07, 6.45) is 4.29. The first-order valence-electron chi connectivity index (χ1n) is 10.7. The van der Waals surface area contributed by atoms with Crippen molar-refractivity contribution in [1.29, 1.82) is 0 Å². The molecule has 0 bridgehead atoms. The van der Waals surface area contributed by atoms with E-state index in [0.29, 0.717) is 0 Å². The van der Waals surface area contributed by atoms with E-state index in [2.05, 4.69) is 47.3 Å². The van der Waals surface area contributed by atoms with Crippen molar-refractivity contribution in [2.75, 3.05) is 59.0 Å². The second-order valence-corrected chi connectivity index (χ2v) is 8.26. The van der Waals surface area contributed by atoms with Crippen LogP contribution in [0.3, 0.4) is 0 Å². The lowest BCUT2D eigenvalue weighted by Gasteiger charge is -2.40. The molecule has 2 aliphatic heterocycles. The zero-order chi connectivity index (χ0) is 19.8. The highest BCUT2D eigenvalue weighted by molar-refractivity contribution is 5.79. The summed E-state index contributed by atoms with van der Waals surface area (Å²) in [7, 11) is 0. The van der Waals surface area contributed by atoms with Crippen LogP contribution in [0, 0.1) is 0 Å². The lowest BCUT2D eigenvalue weighted by Crippen LogP contribution is -2.52. The largest absolute Gasteiger partial charge is 0.468 e. The van der Waals surface area contributed by atoms with E-state index < -0.39 is 0 Å². The predicted molar refractivity (Wildman–Crippen MR) is 113 cm³/mol. The predicted octanol–water partition coefficient (Wildman–Crippen LogP) is 2.08. The van der Waals surface area contributed by atoms with Crippen LogP contribution in [-0.2, 0) is 4.74 Å². The topological polar surface area (TPSA) is 65.3 Å². The SMILES string of the molecule is CCNC(=NCC(C)(C)N1CCOCC1)NCC(c1ccco1)N1CCCC1. The Hall–Kier alpha value is -1.57. The highest BCUT2D eigenvalue weighted by Gasteiger charge is 2.29. The van der Waals surface area contributed by atoms with E-state index in [0.717, 1.165) is 70.7 Å². The minimum atomic E-state index is 0.0154. The maximum Gasteiger partial charge on any atom is 0.191 e. The molecule has 3 rings (SSSR count). The first kappa shape index (κ1) is 21.1. The summed E-state index contributed by atoms with van der Waals surface area (Å²) < 4.78 is 11.2. The standard InChI is InChI=1S/C21H37N5O2/c1-4-22-20(24-17-21(2,3)26-11-14-27-15-12-26)23-16-18(19-8-7-13-28-19)25-9-5-6-10-25/h7-8,13,18H,4-6,9-12,14-17H2,1-3H3,(H2,22,23,24). The van der Waals surface area contributed by atoms with Crippen LogP contribution in [0.15, 0.2) is 27.8 Å². The molecule has 2 fully saturated rings. The van der Waals surface area contributed by atoms with Crippen LogP contribution in [0.4, 0.5) is 0 Å². The number of hydrogen-bond acceptors (Lipinski definition) is 5. The Balaban J connectivity index is 1.61. The number of ether oxygens (including phenoxy) is 1. The van der Waals surface area contributed by atoms with Gasteiger partial charge in [0.2, 0.25) is 0 Å². The Morgan fingerprint density at radius 2 is 1.93 bits per heavy atom. The van der Waals surface area contributed by atoms with E-state index in [4.69, 9.17) is 14.1 Å². The quantitative estimate of drug-likeness (QED) is 0.523. The maximum atomic E-state index is 5.73. The van der Waals surface area contributed by atoms with Crippen molar-refractivity contribution < 1.29 is 9.15 Å². The van der Waals surface area contributed by atoms with E-state index in [1.54, 1.807) is 6.26 Å². The van der Waals surface area contributed by atoms with Gasteiger partial charge >= 0.3 is 0 Å². The van der Waals surface area contributed by atoms with Crippen molar-refractivity contribution in [1.82, 2.24) is 20.4 Å². The Labute approximate surface area is 169 Å². The fourth-order valence-corrected chi connectivity index (χ4v) is 4.02. The first-order valence-corrected chi connectivity index (χ1v) is 10.7. The Kier molecular flexibility index (Phi) is 7.76. The number of aliphatic imine (C=N–C) groups is 1. The molecule has 0 radical (unpaired) electrons. The third kappa shape index (κ3) is 5.72. The highest BCUT2D eigenvalue weighted by atomic mass is 16.5. The van der Waals surface area contributed by atoms with Gasteiger partial charge in [-0.2, -0.15) is 0 Å². The van der Waals surface area contributed by atoms with Gasteiger partial charge in [0.05, 0.1) is 32.1 Å². The maximum absolute atomic E-state index is 5.73. The van der Waals surface area contributed by atoms with Crippen molar-refractivity contribution in [3.8, 4) is 0 Å². The van der Waals surface area contributed by atoms with Crippen LogP contribution < -0.4 is 10.6 Å². The Morgan fingerprint density at radius 1 is 1.18 bits per heavy atom. The molecule has 158 valence electrons. The number of hydrogen-bond donors (Lipinski definition) is 2. The zero-order valence-electron chi connectivity index (χ0n) is 17.7. The molecule has 7 nitrogen and oxygen atoms in total. The molecule has 0 saturated carbocycles. The molecular formula is C21H37N5O2. The summed E-state index contributed by atoms with van der Waals surface area (Å²) in [6, 6.07) is 4.30. The van der Waals surface area contributed by atoms with Crippen molar-refractivity contribution in [3.63, 3.8) is 0 Å². The summed E-state index contributed by atoms with van der Waals surface area (Å²) in [5.41, 5.74) is 0.0154. The summed E-state index contributed by atoms with van der Waals surface area (Å²) in [4.78, 5) is 9.88. The minimum Gasteiger partial charge on any atom is -0.468 e. The van der Waals surface area contributed by atoms with E-state index >= 15 is 0 Å². The fraction of sp³-hybridized carbons (Fsp3) is 0.762. The van der Waals surface area contributed by atoms with Crippen molar-refractivity contribution >= 4 is 5.96 Å². The average Bonchev–Trinajstić information content (AvgIpc) is 3.42. The van der Waals surface area contributed by atoms with Gasteiger partial charge in [-0.15, -0.1) is 0 Å². The van der Waals surface area contributed by atoms with Gasteiger partial charge in [0.25, 0.3) is 0 Å². The second kappa shape index (κ2) is 10.3. The molecule has 3 heterocycles. The third-order valence-corrected chi connectivity index (χ3v) is 5.75. The number of nitrogens with one attached hydrogen (secondary N) is 2. The minimum absolute atomic E-state index is 0.0154. The Bertz CT molecular complexity index is 590. The molecule has 1 aromatic rings. The molecule has 1 aromatic heterocycles. The first-order chi connectivity index (χ1) is 13.6. The molecular weight excluding hydrogens is 354 g/mol. The third-order valence-electron chi connectivity index (χ3n) is 5.75. The average molecular weight is 392 g/mol. The molecule has 28 heavy (non-hydrogen) atoms. The molecule has 1 atom stereocenters.